The van der Waals surface area contributed by atoms with Crippen molar-refractivity contribution in [3.05, 3.63) is 66.9 Å². The molecule has 0 aliphatic rings. The summed E-state index contributed by atoms with van der Waals surface area (Å²) in [5, 5.41) is 7.21. The van der Waals surface area contributed by atoms with Crippen LogP contribution < -0.4 is 5.32 Å². The first kappa shape index (κ1) is 16.4. The van der Waals surface area contributed by atoms with Gasteiger partial charge in [-0.1, -0.05) is 29.8 Å². The van der Waals surface area contributed by atoms with E-state index in [1.54, 1.807) is 12.1 Å². The summed E-state index contributed by atoms with van der Waals surface area (Å²) in [6.07, 6.45) is 1.86. The third kappa shape index (κ3) is 4.10. The Morgan fingerprint density at radius 2 is 2.13 bits per heavy atom. The van der Waals surface area contributed by atoms with Gasteiger partial charge in [0.25, 0.3) is 5.91 Å². The molecule has 0 aliphatic carbocycles. The monoisotopic (exact) mass is 453 g/mol. The maximum absolute atomic E-state index is 12.2. The van der Waals surface area contributed by atoms with Crippen molar-refractivity contribution >= 4 is 54.9 Å². The number of carbonyl (C=O) groups is 1. The Bertz CT molecular complexity index is 837. The van der Waals surface area contributed by atoms with Gasteiger partial charge in [0.1, 0.15) is 0 Å². The lowest BCUT2D eigenvalue weighted by atomic mass is 10.1. The molecular weight excluding hydrogens is 442 g/mol. The number of hydrogen-bond acceptors (Lipinski definition) is 3. The molecule has 0 atom stereocenters. The molecule has 3 aromatic rings. The molecule has 3 rings (SSSR count). The van der Waals surface area contributed by atoms with Gasteiger partial charge in [-0.15, -0.1) is 11.3 Å². The zero-order chi connectivity index (χ0) is 16.4. The van der Waals surface area contributed by atoms with Crippen LogP contribution in [0.3, 0.4) is 0 Å². The quantitative estimate of drug-likeness (QED) is 0.597. The second-order valence-corrected chi connectivity index (χ2v) is 8.30. The van der Waals surface area contributed by atoms with Crippen LogP contribution in [0.4, 0.5) is 5.82 Å². The predicted molar refractivity (Wildman–Crippen MR) is 100 cm³/mol. The molecule has 4 nitrogen and oxygen atoms in total. The van der Waals surface area contributed by atoms with Crippen LogP contribution in [0.5, 0.6) is 0 Å². The van der Waals surface area contributed by atoms with Gasteiger partial charge in [0.05, 0.1) is 15.2 Å². The number of nitrogens with one attached hydrogen (secondary N) is 1. The van der Waals surface area contributed by atoms with E-state index in [1.165, 1.54) is 22.5 Å². The van der Waals surface area contributed by atoms with E-state index in [0.29, 0.717) is 17.2 Å². The highest BCUT2D eigenvalue weighted by Crippen LogP contribution is 2.32. The van der Waals surface area contributed by atoms with Crippen molar-refractivity contribution < 1.29 is 4.79 Å². The number of carbonyl (C=O) groups excluding carboxylic acids is 1. The molecule has 0 saturated carbocycles. The van der Waals surface area contributed by atoms with Crippen LogP contribution in [0.15, 0.2) is 50.9 Å². The molecular formula is C16H13Br2N3OS. The number of anilines is 1. The Balaban J connectivity index is 1.68. The summed E-state index contributed by atoms with van der Waals surface area (Å²) >= 11 is 8.15. The van der Waals surface area contributed by atoms with Crippen molar-refractivity contribution in [1.82, 2.24) is 9.78 Å². The minimum absolute atomic E-state index is 0.165. The van der Waals surface area contributed by atoms with E-state index in [1.807, 2.05) is 16.9 Å². The fraction of sp³-hybridized carbons (Fsp3) is 0.125. The minimum Gasteiger partial charge on any atom is -0.304 e. The van der Waals surface area contributed by atoms with Gasteiger partial charge < -0.3 is 5.32 Å². The fourth-order valence-corrected chi connectivity index (χ4v) is 4.08. The van der Waals surface area contributed by atoms with E-state index in [-0.39, 0.29) is 5.91 Å². The van der Waals surface area contributed by atoms with Gasteiger partial charge in [0.2, 0.25) is 0 Å². The van der Waals surface area contributed by atoms with E-state index in [9.17, 15) is 4.79 Å². The Kier molecular flexibility index (Phi) is 4.99. The maximum Gasteiger partial charge on any atom is 0.267 e. The molecule has 1 amide bonds. The van der Waals surface area contributed by atoms with Crippen LogP contribution in [0.2, 0.25) is 0 Å². The number of amides is 1. The highest BCUT2D eigenvalue weighted by Gasteiger charge is 2.13. The van der Waals surface area contributed by atoms with Crippen LogP contribution >= 0.6 is 43.2 Å². The predicted octanol–water partition coefficient (Wildman–Crippen LogP) is 5.08. The Morgan fingerprint density at radius 3 is 2.83 bits per heavy atom. The van der Waals surface area contributed by atoms with Crippen LogP contribution in [-0.2, 0) is 6.54 Å². The number of benzene rings is 1. The summed E-state index contributed by atoms with van der Waals surface area (Å²) in [5.41, 5.74) is 2.40. The molecule has 1 aromatic carbocycles. The average molecular weight is 455 g/mol. The second-order valence-electron chi connectivity index (χ2n) is 5.07. The number of halogens is 2. The molecule has 23 heavy (non-hydrogen) atoms. The normalized spacial score (nSPS) is 10.7. The van der Waals surface area contributed by atoms with Crippen molar-refractivity contribution in [2.75, 3.05) is 5.32 Å². The van der Waals surface area contributed by atoms with Gasteiger partial charge in [0, 0.05) is 16.7 Å². The van der Waals surface area contributed by atoms with Gasteiger partial charge in [-0.05, 0) is 50.4 Å². The molecule has 2 heterocycles. The van der Waals surface area contributed by atoms with Crippen molar-refractivity contribution in [2.24, 2.45) is 0 Å². The highest BCUT2D eigenvalue weighted by atomic mass is 79.9. The number of hydrogen-bond donors (Lipinski definition) is 1. The molecule has 0 unspecified atom stereocenters. The molecule has 0 bridgehead atoms. The summed E-state index contributed by atoms with van der Waals surface area (Å²) in [4.78, 5) is 12.8. The number of aryl methyl sites for hydroxylation is 1. The van der Waals surface area contributed by atoms with E-state index >= 15 is 0 Å². The second kappa shape index (κ2) is 6.98. The molecule has 7 heteroatoms. The first-order valence-corrected chi connectivity index (χ1v) is 9.27. The highest BCUT2D eigenvalue weighted by molar-refractivity contribution is 9.13. The minimum atomic E-state index is -0.165. The van der Waals surface area contributed by atoms with Gasteiger partial charge >= 0.3 is 0 Å². The summed E-state index contributed by atoms with van der Waals surface area (Å²) < 4.78 is 3.58. The zero-order valence-electron chi connectivity index (χ0n) is 12.2. The summed E-state index contributed by atoms with van der Waals surface area (Å²) in [7, 11) is 0. The molecule has 0 saturated heterocycles. The van der Waals surface area contributed by atoms with E-state index < -0.39 is 0 Å². The van der Waals surface area contributed by atoms with Crippen molar-refractivity contribution in [2.45, 2.75) is 13.5 Å². The first-order valence-electron chi connectivity index (χ1n) is 6.86. The van der Waals surface area contributed by atoms with Crippen LogP contribution in [0, 0.1) is 6.92 Å². The van der Waals surface area contributed by atoms with Gasteiger partial charge in [-0.2, -0.15) is 5.10 Å². The van der Waals surface area contributed by atoms with Crippen molar-refractivity contribution in [3.8, 4) is 0 Å². The van der Waals surface area contributed by atoms with Crippen molar-refractivity contribution in [3.63, 3.8) is 0 Å². The molecule has 0 aliphatic heterocycles. The number of aromatic nitrogens is 2. The number of thiophene rings is 1. The number of rotatable bonds is 4. The smallest absolute Gasteiger partial charge is 0.267 e. The fourth-order valence-electron chi connectivity index (χ4n) is 2.15. The zero-order valence-corrected chi connectivity index (χ0v) is 16.2. The Morgan fingerprint density at radius 1 is 1.30 bits per heavy atom. The first-order chi connectivity index (χ1) is 11.0. The van der Waals surface area contributed by atoms with E-state index in [4.69, 9.17) is 0 Å². The largest absolute Gasteiger partial charge is 0.304 e. The van der Waals surface area contributed by atoms with Crippen LogP contribution in [0.25, 0.3) is 0 Å². The third-order valence-corrected chi connectivity index (χ3v) is 6.43. The summed E-state index contributed by atoms with van der Waals surface area (Å²) in [5.74, 6) is 0.380. The van der Waals surface area contributed by atoms with Gasteiger partial charge in [0.15, 0.2) is 5.82 Å². The maximum atomic E-state index is 12.2. The number of nitrogens with zero attached hydrogens (tertiary/aromatic N) is 2. The Labute approximate surface area is 154 Å². The van der Waals surface area contributed by atoms with Gasteiger partial charge in [-0.25, -0.2) is 0 Å². The van der Waals surface area contributed by atoms with Gasteiger partial charge in [-0.3, -0.25) is 9.48 Å². The lowest BCUT2D eigenvalue weighted by Gasteiger charge is -2.03. The third-order valence-electron chi connectivity index (χ3n) is 3.18. The molecule has 0 spiro atoms. The Hall–Kier alpha value is -1.44. The van der Waals surface area contributed by atoms with Crippen molar-refractivity contribution in [1.29, 1.82) is 0 Å². The molecule has 0 fully saturated rings. The molecule has 1 N–H and O–H groups in total. The summed E-state index contributed by atoms with van der Waals surface area (Å²) in [6, 6.07) is 11.9. The summed E-state index contributed by atoms with van der Waals surface area (Å²) in [6.45, 7) is 2.74. The average Bonchev–Trinajstić information content (AvgIpc) is 3.06. The molecule has 0 radical (unpaired) electrons. The SMILES string of the molecule is Cc1cccc(Cn2ccc(NC(=O)c3cc(Br)c(Br)s3)n2)c1. The molecule has 2 aromatic heterocycles. The van der Waals surface area contributed by atoms with Crippen LogP contribution in [-0.4, -0.2) is 15.7 Å². The lowest BCUT2D eigenvalue weighted by molar-refractivity contribution is 0.103. The van der Waals surface area contributed by atoms with E-state index in [0.717, 1.165) is 8.26 Å². The lowest BCUT2D eigenvalue weighted by Crippen LogP contribution is -2.11. The standard InChI is InChI=1S/C16H13Br2N3OS/c1-10-3-2-4-11(7-10)9-21-6-5-14(20-21)19-16(22)13-8-12(17)15(18)23-13/h2-8H,9H2,1H3,(H,19,20,22). The van der Waals surface area contributed by atoms with E-state index in [2.05, 4.69) is 67.4 Å². The molecule has 118 valence electrons. The topological polar surface area (TPSA) is 46.9 Å². The van der Waals surface area contributed by atoms with Crippen LogP contribution in [0.1, 0.15) is 20.8 Å².